The molecule has 226 valence electrons. The smallest absolute Gasteiger partial charge is 0.449 e. The van der Waals surface area contributed by atoms with Crippen LogP contribution in [0.2, 0.25) is 0 Å². The van der Waals surface area contributed by atoms with Crippen molar-refractivity contribution in [1.29, 1.82) is 0 Å². The third kappa shape index (κ3) is 6.73. The number of carbonyl (C=O) groups excluding carboxylic acids is 1. The van der Waals surface area contributed by atoms with Crippen molar-refractivity contribution in [2.24, 2.45) is 5.92 Å². The minimum Gasteiger partial charge on any atom is -0.455 e. The predicted molar refractivity (Wildman–Crippen MR) is 157 cm³/mol. The molecule has 2 aromatic carbocycles. The number of halogens is 3. The molecule has 1 atom stereocenters. The van der Waals surface area contributed by atoms with E-state index in [0.717, 1.165) is 28.3 Å². The normalized spacial score (nSPS) is 16.5. The number of alkyl halides is 3. The fraction of sp³-hybridized carbons (Fsp3) is 0.424. The van der Waals surface area contributed by atoms with Crippen LogP contribution < -0.4 is 0 Å². The van der Waals surface area contributed by atoms with Gasteiger partial charge in [-0.3, -0.25) is 4.79 Å². The van der Waals surface area contributed by atoms with Crippen molar-refractivity contribution < 1.29 is 30.8 Å². The maximum absolute atomic E-state index is 14.1. The highest BCUT2D eigenvalue weighted by Gasteiger charge is 2.36. The summed E-state index contributed by atoms with van der Waals surface area (Å²) in [5.74, 6) is -1.18. The Kier molecular flexibility index (Phi) is 8.95. The van der Waals surface area contributed by atoms with Gasteiger partial charge < -0.3 is 4.42 Å². The highest BCUT2D eigenvalue weighted by Crippen LogP contribution is 2.36. The van der Waals surface area contributed by atoms with Gasteiger partial charge in [0.05, 0.1) is 11.4 Å². The van der Waals surface area contributed by atoms with Gasteiger partial charge in [-0.25, -0.2) is 8.42 Å². The van der Waals surface area contributed by atoms with Crippen molar-refractivity contribution in [1.82, 2.24) is 4.31 Å². The van der Waals surface area contributed by atoms with E-state index in [9.17, 15) is 26.4 Å². The van der Waals surface area contributed by atoms with Crippen molar-refractivity contribution in [3.63, 3.8) is 0 Å². The third-order valence-corrected chi connectivity index (χ3v) is 10.4. The van der Waals surface area contributed by atoms with Crippen LogP contribution in [-0.4, -0.2) is 25.1 Å². The summed E-state index contributed by atoms with van der Waals surface area (Å²) in [4.78, 5) is 12.4. The lowest BCUT2D eigenvalue weighted by molar-refractivity contribution is -0.153. The zero-order valence-corrected chi connectivity index (χ0v) is 25.7. The number of rotatable bonds is 9. The lowest BCUT2D eigenvalue weighted by Gasteiger charge is -2.30. The SMILES string of the molecule is CC(=O)C(C)(C)c1cccc(C2=CCC(CN(Cc3ccc(C(F)(F)F)o3)S(=O)(=O)c3c(C)cc(C)cc3C)CC2)c1. The molecule has 3 aromatic rings. The average Bonchev–Trinajstić information content (AvgIpc) is 3.37. The van der Waals surface area contributed by atoms with Crippen LogP contribution in [-0.2, 0) is 33.0 Å². The third-order valence-electron chi connectivity index (χ3n) is 8.29. The Morgan fingerprint density at radius 3 is 2.24 bits per heavy atom. The number of allylic oxidation sites excluding steroid dienone is 2. The quantitative estimate of drug-likeness (QED) is 0.248. The molecule has 42 heavy (non-hydrogen) atoms. The van der Waals surface area contributed by atoms with E-state index in [-0.39, 0.29) is 35.4 Å². The molecule has 1 aliphatic carbocycles. The Labute approximate surface area is 246 Å². The molecule has 4 rings (SSSR count). The van der Waals surface area contributed by atoms with E-state index in [1.54, 1.807) is 32.9 Å². The summed E-state index contributed by atoms with van der Waals surface area (Å²) in [6.45, 7) is 10.6. The molecule has 0 amide bonds. The Morgan fingerprint density at radius 1 is 1.02 bits per heavy atom. The Balaban J connectivity index is 1.62. The molecule has 0 bridgehead atoms. The lowest BCUT2D eigenvalue weighted by Crippen LogP contribution is -2.36. The van der Waals surface area contributed by atoms with Gasteiger partial charge in [-0.15, -0.1) is 0 Å². The number of nitrogens with zero attached hydrogens (tertiary/aromatic N) is 1. The number of carbonyl (C=O) groups is 1. The molecule has 1 heterocycles. The molecule has 1 aliphatic rings. The molecule has 0 aliphatic heterocycles. The molecule has 1 aromatic heterocycles. The van der Waals surface area contributed by atoms with Crippen molar-refractivity contribution in [2.45, 2.75) is 83.8 Å². The maximum Gasteiger partial charge on any atom is 0.449 e. The first-order chi connectivity index (χ1) is 19.5. The van der Waals surface area contributed by atoms with Gasteiger partial charge in [-0.2, -0.15) is 17.5 Å². The first-order valence-electron chi connectivity index (χ1n) is 14.0. The minimum absolute atomic E-state index is 0.0384. The number of sulfonamides is 1. The molecule has 0 N–H and O–H groups in total. The summed E-state index contributed by atoms with van der Waals surface area (Å²) in [6.07, 6.45) is -0.525. The molecule has 0 saturated carbocycles. The van der Waals surface area contributed by atoms with Gasteiger partial charge in [0.1, 0.15) is 11.5 Å². The minimum atomic E-state index is -4.66. The second-order valence-electron chi connectivity index (χ2n) is 11.9. The first-order valence-corrected chi connectivity index (χ1v) is 15.5. The molecule has 0 saturated heterocycles. The van der Waals surface area contributed by atoms with Gasteiger partial charge in [-0.1, -0.05) is 48.0 Å². The Morgan fingerprint density at radius 2 is 1.69 bits per heavy atom. The number of hydrogen-bond donors (Lipinski definition) is 0. The van der Waals surface area contributed by atoms with Crippen LogP contribution in [0.25, 0.3) is 5.57 Å². The summed E-state index contributed by atoms with van der Waals surface area (Å²) in [7, 11) is -4.06. The van der Waals surface area contributed by atoms with E-state index >= 15 is 0 Å². The number of benzene rings is 2. The van der Waals surface area contributed by atoms with E-state index in [4.69, 9.17) is 4.42 Å². The van der Waals surface area contributed by atoms with Gasteiger partial charge >= 0.3 is 6.18 Å². The fourth-order valence-electron chi connectivity index (χ4n) is 5.65. The Hall–Kier alpha value is -3.17. The van der Waals surface area contributed by atoms with E-state index < -0.39 is 27.4 Å². The molecule has 5 nitrogen and oxygen atoms in total. The zero-order valence-electron chi connectivity index (χ0n) is 24.9. The maximum atomic E-state index is 14.1. The molecule has 9 heteroatoms. The summed E-state index contributed by atoms with van der Waals surface area (Å²) >= 11 is 0. The van der Waals surface area contributed by atoms with Gasteiger partial charge in [-0.05, 0) is 107 Å². The summed E-state index contributed by atoms with van der Waals surface area (Å²) in [6, 6.07) is 13.6. The van der Waals surface area contributed by atoms with Gasteiger partial charge in [0, 0.05) is 12.0 Å². The number of ketones is 1. The topological polar surface area (TPSA) is 67.6 Å². The van der Waals surface area contributed by atoms with Crippen LogP contribution >= 0.6 is 0 Å². The summed E-state index contributed by atoms with van der Waals surface area (Å²) < 4.78 is 74.1. The summed E-state index contributed by atoms with van der Waals surface area (Å²) in [5, 5.41) is 0. The molecule has 0 spiro atoms. The van der Waals surface area contributed by atoms with E-state index in [1.807, 2.05) is 45.0 Å². The van der Waals surface area contributed by atoms with Crippen LogP contribution in [0.5, 0.6) is 0 Å². The molecule has 1 unspecified atom stereocenters. The van der Waals surface area contributed by atoms with E-state index in [1.165, 1.54) is 10.4 Å². The largest absolute Gasteiger partial charge is 0.455 e. The molecule has 0 fully saturated rings. The van der Waals surface area contributed by atoms with Gasteiger partial charge in [0.15, 0.2) is 0 Å². The number of aryl methyl sites for hydroxylation is 3. The standard InChI is InChI=1S/C33H38F3NO4S/c1-21-16-22(2)31(23(3)17-21)42(39,40)37(20-29-14-15-30(41-29)33(34,35)36)19-25-10-12-26(13-11-25)27-8-7-9-28(18-27)32(5,6)24(4)38/h7-9,12,14-18,25H,10-11,13,19-20H2,1-6H3. The van der Waals surface area contributed by atoms with Crippen molar-refractivity contribution in [3.05, 3.63) is 93.9 Å². The second-order valence-corrected chi connectivity index (χ2v) is 13.8. The Bertz CT molecular complexity index is 1590. The highest BCUT2D eigenvalue weighted by molar-refractivity contribution is 7.89. The van der Waals surface area contributed by atoms with Crippen LogP contribution in [0.3, 0.4) is 0 Å². The van der Waals surface area contributed by atoms with Crippen LogP contribution in [0, 0.1) is 26.7 Å². The van der Waals surface area contributed by atoms with Gasteiger partial charge in [0.25, 0.3) is 0 Å². The van der Waals surface area contributed by atoms with Crippen LogP contribution in [0.4, 0.5) is 13.2 Å². The highest BCUT2D eigenvalue weighted by atomic mass is 32.2. The first kappa shape index (κ1) is 31.8. The zero-order chi connectivity index (χ0) is 31.0. The molecular formula is C33H38F3NO4S. The monoisotopic (exact) mass is 601 g/mol. The van der Waals surface area contributed by atoms with Crippen molar-refractivity contribution in [2.75, 3.05) is 6.54 Å². The summed E-state index contributed by atoms with van der Waals surface area (Å²) in [5.41, 5.74) is 4.61. The number of hydrogen-bond acceptors (Lipinski definition) is 4. The van der Waals surface area contributed by atoms with E-state index in [0.29, 0.717) is 30.4 Å². The number of furan rings is 1. The van der Waals surface area contributed by atoms with Crippen LogP contribution in [0.1, 0.15) is 79.4 Å². The average molecular weight is 602 g/mol. The molecular weight excluding hydrogens is 563 g/mol. The van der Waals surface area contributed by atoms with Crippen molar-refractivity contribution in [3.8, 4) is 0 Å². The molecule has 0 radical (unpaired) electrons. The van der Waals surface area contributed by atoms with Gasteiger partial charge in [0.2, 0.25) is 15.8 Å². The number of Topliss-reactive ketones (excluding diaryl/α,β-unsaturated/α-hetero) is 1. The van der Waals surface area contributed by atoms with Crippen molar-refractivity contribution >= 4 is 21.4 Å². The van der Waals surface area contributed by atoms with E-state index in [2.05, 4.69) is 6.08 Å². The lowest BCUT2D eigenvalue weighted by atomic mass is 9.79. The van der Waals surface area contributed by atoms with Crippen LogP contribution in [0.15, 0.2) is 63.9 Å². The predicted octanol–water partition coefficient (Wildman–Crippen LogP) is 8.16. The second kappa shape index (κ2) is 11.8. The fourth-order valence-corrected chi connectivity index (χ4v) is 7.55.